The molecule has 2 aromatic heterocycles. The molecule has 3 aromatic rings. The van der Waals surface area contributed by atoms with Crippen molar-refractivity contribution in [1.29, 1.82) is 0 Å². The van der Waals surface area contributed by atoms with Gasteiger partial charge in [-0.05, 0) is 18.1 Å². The Hall–Kier alpha value is -2.27. The number of benzene rings is 1. The maximum atomic E-state index is 5.78. The maximum absolute atomic E-state index is 5.78. The fraction of sp³-hybridized carbons (Fsp3) is 0.133. The zero-order valence-corrected chi connectivity index (χ0v) is 11.9. The number of hydrogen-bond donors (Lipinski definition) is 1. The monoisotopic (exact) mass is 282 g/mol. The van der Waals surface area contributed by atoms with Crippen LogP contribution in [-0.2, 0) is 6.54 Å². The minimum absolute atomic E-state index is 0.369. The molecule has 0 unspecified atom stereocenters. The first-order valence-electron chi connectivity index (χ1n) is 6.30. The van der Waals surface area contributed by atoms with Crippen molar-refractivity contribution in [2.75, 3.05) is 0 Å². The van der Waals surface area contributed by atoms with Crippen molar-refractivity contribution >= 4 is 28.2 Å². The Labute approximate surface area is 122 Å². The zero-order chi connectivity index (χ0) is 14.1. The lowest BCUT2D eigenvalue weighted by atomic mass is 10.1. The summed E-state index contributed by atoms with van der Waals surface area (Å²) < 4.78 is 2.06. The second-order valence-electron chi connectivity index (χ2n) is 4.72. The number of hydrogen-bond acceptors (Lipinski definition) is 3. The molecular formula is C15H14N4S. The molecule has 0 saturated heterocycles. The number of nitrogens with two attached hydrogens (primary N) is 1. The van der Waals surface area contributed by atoms with Crippen LogP contribution < -0.4 is 5.73 Å². The lowest BCUT2D eigenvalue weighted by molar-refractivity contribution is 0.817. The van der Waals surface area contributed by atoms with E-state index in [0.717, 1.165) is 23.1 Å². The van der Waals surface area contributed by atoms with Crippen LogP contribution in [0.1, 0.15) is 16.7 Å². The molecule has 0 spiro atoms. The van der Waals surface area contributed by atoms with Crippen LogP contribution in [0.4, 0.5) is 0 Å². The number of thiocarbonyl (C=S) groups is 1. The molecule has 0 saturated carbocycles. The molecule has 0 atom stereocenters. The molecule has 0 amide bonds. The number of rotatable bonds is 3. The van der Waals surface area contributed by atoms with Crippen LogP contribution in [0.25, 0.3) is 11.0 Å². The number of nitrogens with zero attached hydrogens (tertiary/aromatic N) is 3. The summed E-state index contributed by atoms with van der Waals surface area (Å²) in [6.45, 7) is 2.84. The van der Waals surface area contributed by atoms with E-state index in [-0.39, 0.29) is 0 Å². The van der Waals surface area contributed by atoms with Crippen LogP contribution in [0, 0.1) is 6.92 Å². The Morgan fingerprint density at radius 1 is 1.35 bits per heavy atom. The van der Waals surface area contributed by atoms with Gasteiger partial charge in [0.15, 0.2) is 0 Å². The van der Waals surface area contributed by atoms with Gasteiger partial charge < -0.3 is 10.3 Å². The van der Waals surface area contributed by atoms with Gasteiger partial charge in [-0.25, -0.2) is 9.97 Å². The van der Waals surface area contributed by atoms with E-state index in [1.807, 2.05) is 18.3 Å². The lowest BCUT2D eigenvalue weighted by Gasteiger charge is -2.07. The number of aromatic nitrogens is 3. The van der Waals surface area contributed by atoms with Gasteiger partial charge in [0, 0.05) is 29.9 Å². The molecule has 0 radical (unpaired) electrons. The first-order valence-corrected chi connectivity index (χ1v) is 6.71. The average molecular weight is 282 g/mol. The summed E-state index contributed by atoms with van der Waals surface area (Å²) >= 11 is 5.10. The van der Waals surface area contributed by atoms with Crippen LogP contribution in [0.5, 0.6) is 0 Å². The van der Waals surface area contributed by atoms with E-state index in [2.05, 4.69) is 33.6 Å². The molecule has 20 heavy (non-hydrogen) atoms. The fourth-order valence-corrected chi connectivity index (χ4v) is 2.48. The first-order chi connectivity index (χ1) is 9.66. The molecule has 0 aliphatic rings. The van der Waals surface area contributed by atoms with Gasteiger partial charge in [-0.15, -0.1) is 0 Å². The average Bonchev–Trinajstić information content (AvgIpc) is 2.81. The summed E-state index contributed by atoms with van der Waals surface area (Å²) in [5.41, 5.74) is 9.95. The minimum atomic E-state index is 0.369. The van der Waals surface area contributed by atoms with Gasteiger partial charge in [0.1, 0.15) is 17.0 Å². The van der Waals surface area contributed by atoms with Crippen molar-refractivity contribution in [3.8, 4) is 0 Å². The molecule has 0 fully saturated rings. The highest BCUT2D eigenvalue weighted by atomic mass is 32.1. The van der Waals surface area contributed by atoms with Gasteiger partial charge >= 0.3 is 0 Å². The molecule has 0 aliphatic heterocycles. The third kappa shape index (κ3) is 2.16. The topological polar surface area (TPSA) is 56.7 Å². The van der Waals surface area contributed by atoms with E-state index in [1.54, 1.807) is 12.5 Å². The van der Waals surface area contributed by atoms with E-state index >= 15 is 0 Å². The largest absolute Gasteiger partial charge is 0.389 e. The van der Waals surface area contributed by atoms with Crippen LogP contribution in [0.2, 0.25) is 0 Å². The highest BCUT2D eigenvalue weighted by Crippen LogP contribution is 2.20. The third-order valence-corrected chi connectivity index (χ3v) is 3.63. The van der Waals surface area contributed by atoms with E-state index < -0.39 is 0 Å². The smallest absolute Gasteiger partial charge is 0.144 e. The maximum Gasteiger partial charge on any atom is 0.144 e. The van der Waals surface area contributed by atoms with Gasteiger partial charge in [0.2, 0.25) is 0 Å². The molecule has 4 nitrogen and oxygen atoms in total. The molecule has 5 heteroatoms. The van der Waals surface area contributed by atoms with Crippen molar-refractivity contribution in [2.24, 2.45) is 5.73 Å². The Morgan fingerprint density at radius 2 is 2.15 bits per heavy atom. The number of aryl methyl sites for hydroxylation is 1. The first kappa shape index (κ1) is 12.7. The van der Waals surface area contributed by atoms with Crippen LogP contribution in [-0.4, -0.2) is 19.5 Å². The van der Waals surface area contributed by atoms with E-state index in [0.29, 0.717) is 4.99 Å². The van der Waals surface area contributed by atoms with Gasteiger partial charge in [-0.1, -0.05) is 36.5 Å². The number of fused-ring (bicyclic) bond motifs is 1. The molecule has 3 rings (SSSR count). The van der Waals surface area contributed by atoms with Crippen LogP contribution in [0.15, 0.2) is 43.0 Å². The summed E-state index contributed by atoms with van der Waals surface area (Å²) in [4.78, 5) is 8.77. The normalized spacial score (nSPS) is 10.8. The molecule has 2 heterocycles. The molecule has 1 aromatic carbocycles. The Balaban J connectivity index is 2.13. The fourth-order valence-electron chi connectivity index (χ4n) is 2.32. The summed E-state index contributed by atoms with van der Waals surface area (Å²) in [7, 11) is 0. The molecule has 2 N–H and O–H groups in total. The molecule has 0 aliphatic carbocycles. The van der Waals surface area contributed by atoms with Crippen molar-refractivity contribution in [2.45, 2.75) is 13.5 Å². The lowest BCUT2D eigenvalue weighted by Crippen LogP contribution is -2.08. The minimum Gasteiger partial charge on any atom is -0.389 e. The second-order valence-corrected chi connectivity index (χ2v) is 5.16. The predicted molar refractivity (Wildman–Crippen MR) is 83.7 cm³/mol. The van der Waals surface area contributed by atoms with Crippen LogP contribution in [0.3, 0.4) is 0 Å². The van der Waals surface area contributed by atoms with Gasteiger partial charge in [-0.2, -0.15) is 0 Å². The SMILES string of the molecule is Cc1ccccc1Cn1cc(C(N)=S)c2cncnc21. The Morgan fingerprint density at radius 3 is 2.90 bits per heavy atom. The highest BCUT2D eigenvalue weighted by Gasteiger charge is 2.12. The standard InChI is InChI=1S/C15H14N4S/c1-10-4-2-3-5-11(10)7-19-8-13(14(16)20)12-6-17-9-18-15(12)19/h2-6,8-9H,7H2,1H3,(H2,16,20). The summed E-state index contributed by atoms with van der Waals surface area (Å²) in [5, 5.41) is 0.897. The van der Waals surface area contributed by atoms with E-state index in [9.17, 15) is 0 Å². The third-order valence-electron chi connectivity index (χ3n) is 3.41. The predicted octanol–water partition coefficient (Wildman–Crippen LogP) is 2.42. The van der Waals surface area contributed by atoms with Crippen molar-refractivity contribution in [3.63, 3.8) is 0 Å². The van der Waals surface area contributed by atoms with Gasteiger partial charge in [-0.3, -0.25) is 0 Å². The summed E-state index contributed by atoms with van der Waals surface area (Å²) in [5.74, 6) is 0. The van der Waals surface area contributed by atoms with Gasteiger partial charge in [0.25, 0.3) is 0 Å². The highest BCUT2D eigenvalue weighted by molar-refractivity contribution is 7.80. The Bertz CT molecular complexity index is 791. The molecular weight excluding hydrogens is 268 g/mol. The van der Waals surface area contributed by atoms with Crippen molar-refractivity contribution < 1.29 is 0 Å². The van der Waals surface area contributed by atoms with E-state index in [1.165, 1.54) is 11.1 Å². The summed E-state index contributed by atoms with van der Waals surface area (Å²) in [6.07, 6.45) is 5.25. The second kappa shape index (κ2) is 5.02. The zero-order valence-electron chi connectivity index (χ0n) is 11.1. The van der Waals surface area contributed by atoms with Crippen molar-refractivity contribution in [1.82, 2.24) is 14.5 Å². The Kier molecular flexibility index (Phi) is 3.20. The van der Waals surface area contributed by atoms with E-state index in [4.69, 9.17) is 18.0 Å². The molecule has 0 bridgehead atoms. The van der Waals surface area contributed by atoms with Crippen LogP contribution >= 0.6 is 12.2 Å². The molecule has 100 valence electrons. The summed E-state index contributed by atoms with van der Waals surface area (Å²) in [6, 6.07) is 8.29. The quantitative estimate of drug-likeness (QED) is 0.750. The van der Waals surface area contributed by atoms with Crippen molar-refractivity contribution in [3.05, 3.63) is 59.7 Å². The van der Waals surface area contributed by atoms with Gasteiger partial charge in [0.05, 0.1) is 0 Å².